The van der Waals surface area contributed by atoms with Gasteiger partial charge in [0.15, 0.2) is 0 Å². The van der Waals surface area contributed by atoms with Crippen LogP contribution in [0.15, 0.2) is 12.1 Å². The van der Waals surface area contributed by atoms with Crippen molar-refractivity contribution in [1.82, 2.24) is 0 Å². The second kappa shape index (κ2) is 5.13. The second-order valence-electron chi connectivity index (χ2n) is 5.17. The van der Waals surface area contributed by atoms with E-state index in [4.69, 9.17) is 4.74 Å². The lowest BCUT2D eigenvalue weighted by molar-refractivity contribution is 0.407. The summed E-state index contributed by atoms with van der Waals surface area (Å²) >= 11 is 1.83. The number of hydrogen-bond acceptors (Lipinski definition) is 2. The minimum Gasteiger partial charge on any atom is -0.496 e. The molecule has 16 heavy (non-hydrogen) atoms. The predicted octanol–water partition coefficient (Wildman–Crippen LogP) is 4.16. The smallest absolute Gasteiger partial charge is 0.125 e. The Bertz CT molecular complexity index is 364. The highest BCUT2D eigenvalue weighted by Gasteiger charge is 2.17. The molecule has 2 heteroatoms. The van der Waals surface area contributed by atoms with Crippen molar-refractivity contribution in [3.63, 3.8) is 0 Å². The number of hydrogen-bond donors (Lipinski definition) is 0. The van der Waals surface area contributed by atoms with Crippen molar-refractivity contribution in [3.05, 3.63) is 28.8 Å². The van der Waals surface area contributed by atoms with Gasteiger partial charge in [0.2, 0.25) is 0 Å². The SMILES string of the molecule is COc1c(C)cc(C(C)(C)C)cc1CSC. The molecule has 0 N–H and O–H groups in total. The molecule has 0 atom stereocenters. The van der Waals surface area contributed by atoms with Crippen molar-refractivity contribution >= 4 is 11.8 Å². The van der Waals surface area contributed by atoms with Crippen molar-refractivity contribution in [1.29, 1.82) is 0 Å². The Morgan fingerprint density at radius 3 is 2.31 bits per heavy atom. The maximum Gasteiger partial charge on any atom is 0.125 e. The van der Waals surface area contributed by atoms with E-state index >= 15 is 0 Å². The predicted molar refractivity (Wildman–Crippen MR) is 73.7 cm³/mol. The topological polar surface area (TPSA) is 9.23 Å². The summed E-state index contributed by atoms with van der Waals surface area (Å²) < 4.78 is 5.48. The molecule has 0 fully saturated rings. The van der Waals surface area contributed by atoms with Crippen LogP contribution in [-0.2, 0) is 11.2 Å². The van der Waals surface area contributed by atoms with Gasteiger partial charge in [-0.1, -0.05) is 32.9 Å². The van der Waals surface area contributed by atoms with Crippen molar-refractivity contribution in [2.24, 2.45) is 0 Å². The van der Waals surface area contributed by atoms with Crippen molar-refractivity contribution in [2.75, 3.05) is 13.4 Å². The lowest BCUT2D eigenvalue weighted by atomic mass is 9.85. The number of benzene rings is 1. The molecule has 0 aliphatic carbocycles. The standard InChI is InChI=1S/C14H22OS/c1-10-7-12(14(2,3)4)8-11(9-16-6)13(10)15-5/h7-8H,9H2,1-6H3. The van der Waals surface area contributed by atoms with Crippen LogP contribution < -0.4 is 4.74 Å². The third kappa shape index (κ3) is 2.94. The highest BCUT2D eigenvalue weighted by molar-refractivity contribution is 7.97. The normalized spacial score (nSPS) is 11.6. The molecule has 1 aromatic rings. The molecule has 1 aromatic carbocycles. The van der Waals surface area contributed by atoms with Gasteiger partial charge in [-0.3, -0.25) is 0 Å². The summed E-state index contributed by atoms with van der Waals surface area (Å²) in [5.41, 5.74) is 4.12. The first kappa shape index (κ1) is 13.4. The average Bonchev–Trinajstić information content (AvgIpc) is 2.16. The van der Waals surface area contributed by atoms with Gasteiger partial charge in [-0.25, -0.2) is 0 Å². The van der Waals surface area contributed by atoms with Crippen molar-refractivity contribution in [2.45, 2.75) is 38.9 Å². The van der Waals surface area contributed by atoms with E-state index in [2.05, 4.69) is 46.1 Å². The molecule has 0 saturated heterocycles. The molecule has 1 nitrogen and oxygen atoms in total. The van der Waals surface area contributed by atoms with Gasteiger partial charge in [-0.05, 0) is 29.7 Å². The van der Waals surface area contributed by atoms with Crippen LogP contribution in [0, 0.1) is 6.92 Å². The highest BCUT2D eigenvalue weighted by atomic mass is 32.2. The fraction of sp³-hybridized carbons (Fsp3) is 0.571. The molecule has 0 aliphatic rings. The largest absolute Gasteiger partial charge is 0.496 e. The number of ether oxygens (including phenoxy) is 1. The third-order valence-electron chi connectivity index (χ3n) is 2.72. The Hall–Kier alpha value is -0.630. The highest BCUT2D eigenvalue weighted by Crippen LogP contribution is 2.32. The van der Waals surface area contributed by atoms with Crippen LogP contribution in [0.4, 0.5) is 0 Å². The minimum absolute atomic E-state index is 0.199. The summed E-state index contributed by atoms with van der Waals surface area (Å²) in [6.45, 7) is 8.86. The van der Waals surface area contributed by atoms with Crippen molar-refractivity contribution < 1.29 is 4.74 Å². The van der Waals surface area contributed by atoms with E-state index in [1.165, 1.54) is 16.7 Å². The van der Waals surface area contributed by atoms with E-state index in [1.54, 1.807) is 7.11 Å². The zero-order valence-corrected chi connectivity index (χ0v) is 12.0. The average molecular weight is 238 g/mol. The van der Waals surface area contributed by atoms with Gasteiger partial charge in [0.1, 0.15) is 5.75 Å². The van der Waals surface area contributed by atoms with E-state index < -0.39 is 0 Å². The first-order chi connectivity index (χ1) is 7.40. The first-order valence-electron chi connectivity index (χ1n) is 5.57. The summed E-state index contributed by atoms with van der Waals surface area (Å²) in [6.07, 6.45) is 2.12. The Labute approximate surface area is 104 Å². The Kier molecular flexibility index (Phi) is 4.31. The van der Waals surface area contributed by atoms with E-state index in [1.807, 2.05) is 11.8 Å². The summed E-state index contributed by atoms with van der Waals surface area (Å²) in [5.74, 6) is 2.05. The Morgan fingerprint density at radius 2 is 1.88 bits per heavy atom. The summed E-state index contributed by atoms with van der Waals surface area (Å²) in [5, 5.41) is 0. The maximum absolute atomic E-state index is 5.48. The molecule has 0 aliphatic heterocycles. The summed E-state index contributed by atoms with van der Waals surface area (Å²) in [4.78, 5) is 0. The van der Waals surface area contributed by atoms with Gasteiger partial charge in [0.05, 0.1) is 7.11 Å². The molecule has 0 heterocycles. The van der Waals surface area contributed by atoms with Crippen LogP contribution in [0.1, 0.15) is 37.5 Å². The lowest BCUT2D eigenvalue weighted by Gasteiger charge is -2.22. The van der Waals surface area contributed by atoms with E-state index in [0.717, 1.165) is 11.5 Å². The van der Waals surface area contributed by atoms with Gasteiger partial charge < -0.3 is 4.74 Å². The quantitative estimate of drug-likeness (QED) is 0.782. The maximum atomic E-state index is 5.48. The van der Waals surface area contributed by atoms with Crippen molar-refractivity contribution in [3.8, 4) is 5.75 Å². The molecular formula is C14H22OS. The number of aryl methyl sites for hydroxylation is 1. The molecule has 0 saturated carbocycles. The van der Waals surface area contributed by atoms with Gasteiger partial charge in [0, 0.05) is 11.3 Å². The zero-order valence-electron chi connectivity index (χ0n) is 11.2. The number of rotatable bonds is 3. The van der Waals surface area contributed by atoms with Gasteiger partial charge in [-0.2, -0.15) is 11.8 Å². The molecular weight excluding hydrogens is 216 g/mol. The number of methoxy groups -OCH3 is 1. The molecule has 0 unspecified atom stereocenters. The van der Waals surface area contributed by atoms with Gasteiger partial charge in [-0.15, -0.1) is 0 Å². The number of thioether (sulfide) groups is 1. The Morgan fingerprint density at radius 1 is 1.25 bits per heavy atom. The molecule has 90 valence electrons. The lowest BCUT2D eigenvalue weighted by Crippen LogP contribution is -2.12. The van der Waals surface area contributed by atoms with Crippen LogP contribution in [0.5, 0.6) is 5.75 Å². The molecule has 0 radical (unpaired) electrons. The molecule has 0 amide bonds. The molecule has 1 rings (SSSR count). The second-order valence-corrected chi connectivity index (χ2v) is 6.03. The van der Waals surface area contributed by atoms with Crippen LogP contribution in [0.25, 0.3) is 0 Å². The molecule has 0 bridgehead atoms. The van der Waals surface area contributed by atoms with E-state index in [0.29, 0.717) is 0 Å². The summed E-state index contributed by atoms with van der Waals surface area (Å²) in [6, 6.07) is 4.52. The summed E-state index contributed by atoms with van der Waals surface area (Å²) in [7, 11) is 1.75. The van der Waals surface area contributed by atoms with Crippen LogP contribution in [0.3, 0.4) is 0 Å². The molecule has 0 aromatic heterocycles. The van der Waals surface area contributed by atoms with Gasteiger partial charge in [0.25, 0.3) is 0 Å². The minimum atomic E-state index is 0.199. The van der Waals surface area contributed by atoms with Crippen LogP contribution in [-0.4, -0.2) is 13.4 Å². The monoisotopic (exact) mass is 238 g/mol. The molecule has 0 spiro atoms. The Balaban J connectivity index is 3.28. The van der Waals surface area contributed by atoms with Crippen LogP contribution in [0.2, 0.25) is 0 Å². The zero-order chi connectivity index (χ0) is 12.3. The van der Waals surface area contributed by atoms with Gasteiger partial charge >= 0.3 is 0 Å². The van der Waals surface area contributed by atoms with Crippen LogP contribution >= 0.6 is 11.8 Å². The van der Waals surface area contributed by atoms with E-state index in [-0.39, 0.29) is 5.41 Å². The fourth-order valence-electron chi connectivity index (χ4n) is 1.83. The first-order valence-corrected chi connectivity index (χ1v) is 6.96. The van der Waals surface area contributed by atoms with E-state index in [9.17, 15) is 0 Å². The fourth-order valence-corrected chi connectivity index (χ4v) is 2.36. The third-order valence-corrected chi connectivity index (χ3v) is 3.32.